The van der Waals surface area contributed by atoms with Gasteiger partial charge in [0.05, 0.1) is 11.6 Å². The van der Waals surface area contributed by atoms with Gasteiger partial charge in [0.15, 0.2) is 0 Å². The van der Waals surface area contributed by atoms with Gasteiger partial charge in [-0.05, 0) is 45.5 Å². The summed E-state index contributed by atoms with van der Waals surface area (Å²) < 4.78 is 0. The first-order chi connectivity index (χ1) is 14.9. The predicted molar refractivity (Wildman–Crippen MR) is 124 cm³/mol. The van der Waals surface area contributed by atoms with Crippen molar-refractivity contribution in [2.24, 2.45) is 0 Å². The number of hydrogen-bond acceptors (Lipinski definition) is 4. The largest absolute Gasteiger partial charge is 0.507 e. The molecule has 0 spiro atoms. The number of nitrogens with zero attached hydrogens (tertiary/aromatic N) is 2. The van der Waals surface area contributed by atoms with E-state index in [1.807, 2.05) is 50.2 Å². The number of amides is 1. The van der Waals surface area contributed by atoms with E-state index in [2.05, 4.69) is 18.7 Å². The van der Waals surface area contributed by atoms with Gasteiger partial charge in [-0.2, -0.15) is 0 Å². The summed E-state index contributed by atoms with van der Waals surface area (Å²) in [6, 6.07) is 14.6. The normalized spacial score (nSPS) is 18.2. The first kappa shape index (κ1) is 22.8. The number of Topliss-reactive ketones (excluding diaryl/α,β-unsaturated/α-hetero) is 1. The number of benzene rings is 2. The first-order valence-corrected chi connectivity index (χ1v) is 11.0. The summed E-state index contributed by atoms with van der Waals surface area (Å²) >= 11 is 0. The predicted octanol–water partition coefficient (Wildman–Crippen LogP) is 4.46. The van der Waals surface area contributed by atoms with Crippen molar-refractivity contribution in [3.8, 4) is 0 Å². The van der Waals surface area contributed by atoms with Crippen LogP contribution in [0.25, 0.3) is 5.76 Å². The molecule has 1 aliphatic rings. The van der Waals surface area contributed by atoms with Crippen LogP contribution in [0.3, 0.4) is 0 Å². The Morgan fingerprint density at radius 1 is 0.935 bits per heavy atom. The van der Waals surface area contributed by atoms with Crippen molar-refractivity contribution in [2.75, 3.05) is 26.2 Å². The zero-order valence-corrected chi connectivity index (χ0v) is 18.9. The van der Waals surface area contributed by atoms with Gasteiger partial charge in [0.2, 0.25) is 0 Å². The number of carbonyl (C=O) groups excluding carboxylic acids is 2. The van der Waals surface area contributed by atoms with Gasteiger partial charge in [0.1, 0.15) is 5.76 Å². The van der Waals surface area contributed by atoms with Crippen molar-refractivity contribution in [1.82, 2.24) is 9.80 Å². The lowest BCUT2D eigenvalue weighted by Gasteiger charge is -2.27. The van der Waals surface area contributed by atoms with E-state index < -0.39 is 17.7 Å². The number of ketones is 1. The molecule has 2 aromatic carbocycles. The number of likely N-dealkylation sites (tertiary alicyclic amines) is 1. The van der Waals surface area contributed by atoms with E-state index in [0.717, 1.165) is 42.7 Å². The van der Waals surface area contributed by atoms with E-state index in [4.69, 9.17) is 0 Å². The van der Waals surface area contributed by atoms with Crippen LogP contribution < -0.4 is 0 Å². The molecule has 5 heteroatoms. The lowest BCUT2D eigenvalue weighted by molar-refractivity contribution is -0.140. The maximum absolute atomic E-state index is 13.0. The van der Waals surface area contributed by atoms with E-state index in [-0.39, 0.29) is 11.3 Å². The molecule has 1 aliphatic heterocycles. The fourth-order valence-electron chi connectivity index (χ4n) is 4.08. The average Bonchev–Trinajstić information content (AvgIpc) is 3.02. The van der Waals surface area contributed by atoms with Crippen molar-refractivity contribution in [1.29, 1.82) is 0 Å². The van der Waals surface area contributed by atoms with Crippen LogP contribution in [0.4, 0.5) is 0 Å². The van der Waals surface area contributed by atoms with E-state index in [1.54, 1.807) is 17.0 Å². The molecule has 0 saturated carbocycles. The molecule has 1 N–H and O–H groups in total. The molecule has 0 aliphatic carbocycles. The maximum atomic E-state index is 13.0. The molecule has 2 aromatic rings. The van der Waals surface area contributed by atoms with Crippen LogP contribution >= 0.6 is 0 Å². The van der Waals surface area contributed by atoms with Gasteiger partial charge < -0.3 is 14.9 Å². The molecule has 31 heavy (non-hydrogen) atoms. The highest BCUT2D eigenvalue weighted by Gasteiger charge is 2.45. The minimum absolute atomic E-state index is 0.116. The van der Waals surface area contributed by atoms with Crippen LogP contribution in [0.2, 0.25) is 0 Å². The number of carbonyl (C=O) groups is 2. The number of hydrogen-bond donors (Lipinski definition) is 1. The SMILES string of the molecule is CCN(CC)CCCN1C(=O)C(=O)C(=C(O)c2ccc(C)cc2)[C@@H]1c1ccc(C)cc1. The van der Waals surface area contributed by atoms with Crippen LogP contribution in [0.1, 0.15) is 48.6 Å². The third-order valence-electron chi connectivity index (χ3n) is 6.03. The number of rotatable bonds is 8. The second kappa shape index (κ2) is 9.92. The van der Waals surface area contributed by atoms with Gasteiger partial charge in [-0.3, -0.25) is 9.59 Å². The summed E-state index contributed by atoms with van der Waals surface area (Å²) in [7, 11) is 0. The summed E-state index contributed by atoms with van der Waals surface area (Å²) in [6.45, 7) is 11.4. The summed E-state index contributed by atoms with van der Waals surface area (Å²) in [5, 5.41) is 11.1. The molecule has 0 bridgehead atoms. The van der Waals surface area contributed by atoms with Crippen LogP contribution in [-0.4, -0.2) is 52.8 Å². The van der Waals surface area contributed by atoms with Crippen molar-refractivity contribution in [3.05, 3.63) is 76.4 Å². The van der Waals surface area contributed by atoms with Gasteiger partial charge in [-0.1, -0.05) is 73.5 Å². The molecule has 164 valence electrons. The van der Waals surface area contributed by atoms with Gasteiger partial charge in [-0.15, -0.1) is 0 Å². The standard InChI is InChI=1S/C26H32N2O3/c1-5-27(6-2)16-7-17-28-23(20-12-8-18(3)9-13-20)22(25(30)26(28)31)24(29)21-14-10-19(4)11-15-21/h8-15,23,29H,5-7,16-17H2,1-4H3/t23-/m0/s1. The fourth-order valence-corrected chi connectivity index (χ4v) is 4.08. The zero-order chi connectivity index (χ0) is 22.5. The number of aliphatic hydroxyl groups is 1. The monoisotopic (exact) mass is 420 g/mol. The van der Waals surface area contributed by atoms with Crippen LogP contribution in [-0.2, 0) is 9.59 Å². The molecule has 1 amide bonds. The molecule has 1 fully saturated rings. The summed E-state index contributed by atoms with van der Waals surface area (Å²) in [6.07, 6.45) is 0.766. The van der Waals surface area contributed by atoms with Crippen LogP contribution in [0.15, 0.2) is 54.1 Å². The minimum atomic E-state index is -0.619. The molecule has 0 aromatic heterocycles. The van der Waals surface area contributed by atoms with Crippen molar-refractivity contribution >= 4 is 17.4 Å². The third kappa shape index (κ3) is 4.88. The Hall–Kier alpha value is -2.92. The maximum Gasteiger partial charge on any atom is 0.295 e. The minimum Gasteiger partial charge on any atom is -0.507 e. The molecule has 1 saturated heterocycles. The van der Waals surface area contributed by atoms with Crippen molar-refractivity contribution < 1.29 is 14.7 Å². The Balaban J connectivity index is 2.01. The Kier molecular flexibility index (Phi) is 7.29. The van der Waals surface area contributed by atoms with E-state index in [1.165, 1.54) is 0 Å². The summed E-state index contributed by atoms with van der Waals surface area (Å²) in [5.41, 5.74) is 3.70. The van der Waals surface area contributed by atoms with Crippen molar-refractivity contribution in [3.63, 3.8) is 0 Å². The fraction of sp³-hybridized carbons (Fsp3) is 0.385. The van der Waals surface area contributed by atoms with Crippen molar-refractivity contribution in [2.45, 2.75) is 40.2 Å². The average molecular weight is 421 g/mol. The summed E-state index contributed by atoms with van der Waals surface area (Å²) in [5.74, 6) is -1.28. The second-order valence-corrected chi connectivity index (χ2v) is 8.15. The Labute approximate surface area is 185 Å². The topological polar surface area (TPSA) is 60.9 Å². The lowest BCUT2D eigenvalue weighted by Crippen LogP contribution is -2.33. The highest BCUT2D eigenvalue weighted by molar-refractivity contribution is 6.46. The molecule has 0 unspecified atom stereocenters. The smallest absolute Gasteiger partial charge is 0.295 e. The Bertz CT molecular complexity index is 957. The Morgan fingerprint density at radius 2 is 1.48 bits per heavy atom. The molecular formula is C26H32N2O3. The molecule has 5 nitrogen and oxygen atoms in total. The van der Waals surface area contributed by atoms with Gasteiger partial charge >= 0.3 is 0 Å². The highest BCUT2D eigenvalue weighted by atomic mass is 16.3. The van der Waals surface area contributed by atoms with E-state index >= 15 is 0 Å². The molecular weight excluding hydrogens is 388 g/mol. The third-order valence-corrected chi connectivity index (χ3v) is 6.03. The van der Waals surface area contributed by atoms with Crippen LogP contribution in [0.5, 0.6) is 0 Å². The lowest BCUT2D eigenvalue weighted by atomic mass is 9.94. The molecule has 3 rings (SSSR count). The van der Waals surface area contributed by atoms with Crippen LogP contribution in [0, 0.1) is 13.8 Å². The second-order valence-electron chi connectivity index (χ2n) is 8.15. The van der Waals surface area contributed by atoms with E-state index in [9.17, 15) is 14.7 Å². The van der Waals surface area contributed by atoms with E-state index in [0.29, 0.717) is 12.1 Å². The molecule has 0 radical (unpaired) electrons. The molecule has 1 heterocycles. The van der Waals surface area contributed by atoms with Gasteiger partial charge in [0.25, 0.3) is 11.7 Å². The number of aliphatic hydroxyl groups excluding tert-OH is 1. The molecule has 1 atom stereocenters. The first-order valence-electron chi connectivity index (χ1n) is 11.0. The zero-order valence-electron chi connectivity index (χ0n) is 18.9. The quantitative estimate of drug-likeness (QED) is 0.389. The van der Waals surface area contributed by atoms with Gasteiger partial charge in [0, 0.05) is 12.1 Å². The Morgan fingerprint density at radius 3 is 2.03 bits per heavy atom. The summed E-state index contributed by atoms with van der Waals surface area (Å²) in [4.78, 5) is 29.9. The van der Waals surface area contributed by atoms with Gasteiger partial charge in [-0.25, -0.2) is 0 Å². The number of aryl methyl sites for hydroxylation is 2. The highest BCUT2D eigenvalue weighted by Crippen LogP contribution is 2.39.